The van der Waals surface area contributed by atoms with Gasteiger partial charge in [-0.1, -0.05) is 41.4 Å². The van der Waals surface area contributed by atoms with Gasteiger partial charge in [-0.3, -0.25) is 9.78 Å². The zero-order valence-electron chi connectivity index (χ0n) is 12.7. The first-order valence-electron chi connectivity index (χ1n) is 7.41. The summed E-state index contributed by atoms with van der Waals surface area (Å²) >= 11 is 12.3. The van der Waals surface area contributed by atoms with E-state index in [0.29, 0.717) is 16.6 Å². The molecule has 0 saturated heterocycles. The number of rotatable bonds is 5. The Labute approximate surface area is 149 Å². The third-order valence-electron chi connectivity index (χ3n) is 3.55. The number of aromatic nitrogens is 1. The van der Waals surface area contributed by atoms with Gasteiger partial charge in [0.2, 0.25) is 5.91 Å². The van der Waals surface area contributed by atoms with E-state index in [0.717, 1.165) is 22.0 Å². The lowest BCUT2D eigenvalue weighted by Gasteiger charge is -2.12. The summed E-state index contributed by atoms with van der Waals surface area (Å²) in [4.78, 5) is 16.0. The van der Waals surface area contributed by atoms with Gasteiger partial charge in [-0.05, 0) is 35.2 Å². The average molecular weight is 360 g/mol. The number of anilines is 1. The monoisotopic (exact) mass is 359 g/mol. The second-order valence-corrected chi connectivity index (χ2v) is 6.13. The van der Waals surface area contributed by atoms with E-state index >= 15 is 0 Å². The lowest BCUT2D eigenvalue weighted by Crippen LogP contribution is -2.29. The molecule has 122 valence electrons. The molecule has 0 atom stereocenters. The quantitative estimate of drug-likeness (QED) is 0.715. The first-order chi connectivity index (χ1) is 11.6. The van der Waals surface area contributed by atoms with Crippen LogP contribution in [0.3, 0.4) is 0 Å². The highest BCUT2D eigenvalue weighted by molar-refractivity contribution is 6.39. The van der Waals surface area contributed by atoms with E-state index < -0.39 is 0 Å². The van der Waals surface area contributed by atoms with Crippen LogP contribution < -0.4 is 10.6 Å². The number of fused-ring (bicyclic) bond motifs is 1. The molecule has 0 saturated carbocycles. The van der Waals surface area contributed by atoms with Crippen molar-refractivity contribution in [2.75, 3.05) is 11.9 Å². The largest absolute Gasteiger partial charge is 0.376 e. The van der Waals surface area contributed by atoms with Gasteiger partial charge in [0.15, 0.2) is 0 Å². The molecule has 24 heavy (non-hydrogen) atoms. The SMILES string of the molecule is O=C(CNc1cccc2cc(Cl)cc(Cl)c12)NCc1cccnc1. The number of hydrogen-bond acceptors (Lipinski definition) is 3. The molecule has 3 rings (SSSR count). The molecule has 6 heteroatoms. The number of benzene rings is 2. The van der Waals surface area contributed by atoms with Crippen molar-refractivity contribution >= 4 is 45.6 Å². The van der Waals surface area contributed by atoms with E-state index in [2.05, 4.69) is 15.6 Å². The van der Waals surface area contributed by atoms with Gasteiger partial charge in [0.05, 0.1) is 11.6 Å². The molecular weight excluding hydrogens is 345 g/mol. The number of carbonyl (C=O) groups is 1. The van der Waals surface area contributed by atoms with E-state index in [1.165, 1.54) is 0 Å². The average Bonchev–Trinajstić information content (AvgIpc) is 2.58. The van der Waals surface area contributed by atoms with Crippen LogP contribution in [-0.4, -0.2) is 17.4 Å². The number of pyridine rings is 1. The number of carbonyl (C=O) groups excluding carboxylic acids is 1. The van der Waals surface area contributed by atoms with Crippen molar-refractivity contribution in [1.29, 1.82) is 0 Å². The molecule has 3 aromatic rings. The van der Waals surface area contributed by atoms with Crippen LogP contribution in [0.25, 0.3) is 10.8 Å². The van der Waals surface area contributed by atoms with Gasteiger partial charge in [0.25, 0.3) is 0 Å². The standard InChI is InChI=1S/C18H15Cl2N3O/c19-14-7-13-4-1-5-16(18(13)15(20)8-14)22-11-17(24)23-10-12-3-2-6-21-9-12/h1-9,22H,10-11H2,(H,23,24). The molecule has 0 aliphatic rings. The van der Waals surface area contributed by atoms with Gasteiger partial charge >= 0.3 is 0 Å². The lowest BCUT2D eigenvalue weighted by molar-refractivity contribution is -0.119. The molecule has 0 aliphatic heterocycles. The Bertz CT molecular complexity index is 869. The number of amides is 1. The number of nitrogens with one attached hydrogen (secondary N) is 2. The van der Waals surface area contributed by atoms with Crippen LogP contribution in [0.2, 0.25) is 10.0 Å². The number of nitrogens with zero attached hydrogens (tertiary/aromatic N) is 1. The van der Waals surface area contributed by atoms with Gasteiger partial charge < -0.3 is 10.6 Å². The highest BCUT2D eigenvalue weighted by Gasteiger charge is 2.08. The third kappa shape index (κ3) is 3.96. The van der Waals surface area contributed by atoms with Crippen molar-refractivity contribution in [2.24, 2.45) is 0 Å². The fourth-order valence-corrected chi connectivity index (χ4v) is 3.04. The molecular formula is C18H15Cl2N3O. The van der Waals surface area contributed by atoms with Crippen LogP contribution in [0.4, 0.5) is 5.69 Å². The summed E-state index contributed by atoms with van der Waals surface area (Å²) < 4.78 is 0. The predicted octanol–water partition coefficient (Wildman–Crippen LogP) is 4.27. The Morgan fingerprint density at radius 3 is 2.79 bits per heavy atom. The zero-order valence-corrected chi connectivity index (χ0v) is 14.2. The first-order valence-corrected chi connectivity index (χ1v) is 8.16. The van der Waals surface area contributed by atoms with Gasteiger partial charge in [-0.15, -0.1) is 0 Å². The summed E-state index contributed by atoms with van der Waals surface area (Å²) in [6, 6.07) is 13.0. The highest BCUT2D eigenvalue weighted by atomic mass is 35.5. The second kappa shape index (κ2) is 7.51. The van der Waals surface area contributed by atoms with Gasteiger partial charge in [-0.25, -0.2) is 0 Å². The molecule has 0 bridgehead atoms. The smallest absolute Gasteiger partial charge is 0.239 e. The lowest BCUT2D eigenvalue weighted by atomic mass is 10.1. The molecule has 0 spiro atoms. The van der Waals surface area contributed by atoms with Crippen molar-refractivity contribution in [2.45, 2.75) is 6.54 Å². The Balaban J connectivity index is 1.66. The molecule has 2 aromatic carbocycles. The molecule has 0 fully saturated rings. The summed E-state index contributed by atoms with van der Waals surface area (Å²) in [5.74, 6) is -0.110. The van der Waals surface area contributed by atoms with Gasteiger partial charge in [0, 0.05) is 35.0 Å². The normalized spacial score (nSPS) is 10.6. The van der Waals surface area contributed by atoms with Crippen LogP contribution in [0.15, 0.2) is 54.9 Å². The maximum Gasteiger partial charge on any atom is 0.239 e. The van der Waals surface area contributed by atoms with E-state index in [9.17, 15) is 4.79 Å². The maximum atomic E-state index is 12.0. The Hall–Kier alpha value is -2.30. The van der Waals surface area contributed by atoms with E-state index in [1.54, 1.807) is 18.5 Å². The molecule has 1 heterocycles. The van der Waals surface area contributed by atoms with Crippen LogP contribution in [0, 0.1) is 0 Å². The number of hydrogen-bond donors (Lipinski definition) is 2. The molecule has 4 nitrogen and oxygen atoms in total. The van der Waals surface area contributed by atoms with Crippen LogP contribution in [-0.2, 0) is 11.3 Å². The Morgan fingerprint density at radius 1 is 1.12 bits per heavy atom. The summed E-state index contributed by atoms with van der Waals surface area (Å²) in [7, 11) is 0. The van der Waals surface area contributed by atoms with Crippen LogP contribution >= 0.6 is 23.2 Å². The summed E-state index contributed by atoms with van der Waals surface area (Å²) in [6.07, 6.45) is 3.42. The molecule has 0 radical (unpaired) electrons. The maximum absolute atomic E-state index is 12.0. The minimum absolute atomic E-state index is 0.110. The predicted molar refractivity (Wildman–Crippen MR) is 98.5 cm³/mol. The molecule has 2 N–H and O–H groups in total. The van der Waals surface area contributed by atoms with Crippen molar-refractivity contribution < 1.29 is 4.79 Å². The van der Waals surface area contributed by atoms with E-state index in [1.807, 2.05) is 36.4 Å². The van der Waals surface area contributed by atoms with Crippen LogP contribution in [0.5, 0.6) is 0 Å². The molecule has 0 aliphatic carbocycles. The van der Waals surface area contributed by atoms with Crippen molar-refractivity contribution in [3.05, 3.63) is 70.5 Å². The molecule has 1 amide bonds. The van der Waals surface area contributed by atoms with Gasteiger partial charge in [-0.2, -0.15) is 0 Å². The Kier molecular flexibility index (Phi) is 5.18. The zero-order chi connectivity index (χ0) is 16.9. The Morgan fingerprint density at radius 2 is 2.00 bits per heavy atom. The van der Waals surface area contributed by atoms with Crippen molar-refractivity contribution in [1.82, 2.24) is 10.3 Å². The molecule has 1 aromatic heterocycles. The van der Waals surface area contributed by atoms with E-state index in [-0.39, 0.29) is 12.5 Å². The van der Waals surface area contributed by atoms with Crippen molar-refractivity contribution in [3.63, 3.8) is 0 Å². The van der Waals surface area contributed by atoms with Crippen LogP contribution in [0.1, 0.15) is 5.56 Å². The second-order valence-electron chi connectivity index (χ2n) is 5.28. The minimum Gasteiger partial charge on any atom is -0.376 e. The summed E-state index contributed by atoms with van der Waals surface area (Å²) in [5, 5.41) is 8.88. The fourth-order valence-electron chi connectivity index (χ4n) is 2.43. The minimum atomic E-state index is -0.110. The topological polar surface area (TPSA) is 54.0 Å². The molecule has 0 unspecified atom stereocenters. The highest BCUT2D eigenvalue weighted by Crippen LogP contribution is 2.33. The van der Waals surface area contributed by atoms with E-state index in [4.69, 9.17) is 23.2 Å². The number of halogens is 2. The summed E-state index contributed by atoms with van der Waals surface area (Å²) in [6.45, 7) is 0.596. The summed E-state index contributed by atoms with van der Waals surface area (Å²) in [5.41, 5.74) is 1.75. The van der Waals surface area contributed by atoms with Crippen molar-refractivity contribution in [3.8, 4) is 0 Å². The third-order valence-corrected chi connectivity index (χ3v) is 4.06. The fraction of sp³-hybridized carbons (Fsp3) is 0.111. The van der Waals surface area contributed by atoms with Gasteiger partial charge in [0.1, 0.15) is 0 Å². The first kappa shape index (κ1) is 16.6.